The van der Waals surface area contributed by atoms with Crippen LogP contribution in [-0.4, -0.2) is 76.4 Å². The van der Waals surface area contributed by atoms with Gasteiger partial charge < -0.3 is 49.1 Å². The van der Waals surface area contributed by atoms with E-state index in [-0.39, 0.29) is 31.4 Å². The summed E-state index contributed by atoms with van der Waals surface area (Å²) in [5.41, 5.74) is 22.4. The third-order valence-corrected chi connectivity index (χ3v) is 5.64. The third-order valence-electron chi connectivity index (χ3n) is 5.64. The van der Waals surface area contributed by atoms with Gasteiger partial charge in [0.15, 0.2) is 0 Å². The second-order valence-electron chi connectivity index (χ2n) is 8.96. The molecular weight excluding hydrogens is 514 g/mol. The van der Waals surface area contributed by atoms with Crippen molar-refractivity contribution in [2.75, 3.05) is 6.54 Å². The van der Waals surface area contributed by atoms with Gasteiger partial charge in [0.1, 0.15) is 23.9 Å². The van der Waals surface area contributed by atoms with Gasteiger partial charge in [-0.3, -0.25) is 24.0 Å². The predicted octanol–water partition coefficient (Wildman–Crippen LogP) is -2.93. The van der Waals surface area contributed by atoms with E-state index in [2.05, 4.69) is 16.0 Å². The molecule has 0 spiro atoms. The van der Waals surface area contributed by atoms with Gasteiger partial charge in [-0.25, -0.2) is 4.79 Å². The summed E-state index contributed by atoms with van der Waals surface area (Å²) in [5, 5.41) is 25.8. The third kappa shape index (κ3) is 12.7. The van der Waals surface area contributed by atoms with Crippen LogP contribution in [0.25, 0.3) is 0 Å². The second kappa shape index (κ2) is 16.6. The van der Waals surface area contributed by atoms with E-state index < -0.39 is 66.1 Å². The van der Waals surface area contributed by atoms with Crippen LogP contribution in [0.3, 0.4) is 0 Å². The number of unbranched alkanes of at least 4 members (excludes halogenated alkanes) is 1. The molecule has 1 aromatic carbocycles. The van der Waals surface area contributed by atoms with Gasteiger partial charge in [0.2, 0.25) is 29.5 Å². The van der Waals surface area contributed by atoms with Crippen LogP contribution in [-0.2, 0) is 35.2 Å². The lowest BCUT2D eigenvalue weighted by Gasteiger charge is -2.25. The maximum atomic E-state index is 13.0. The zero-order chi connectivity index (χ0) is 29.5. The van der Waals surface area contributed by atoms with Crippen molar-refractivity contribution in [2.24, 2.45) is 22.9 Å². The number of amides is 5. The quantitative estimate of drug-likeness (QED) is 0.0837. The Morgan fingerprint density at radius 3 is 1.87 bits per heavy atom. The molecule has 4 unspecified atom stereocenters. The minimum atomic E-state index is -1.48. The summed E-state index contributed by atoms with van der Waals surface area (Å²) in [6, 6.07) is 0.668. The van der Waals surface area contributed by atoms with E-state index in [9.17, 15) is 39.0 Å². The van der Waals surface area contributed by atoms with Crippen molar-refractivity contribution >= 4 is 35.5 Å². The Labute approximate surface area is 225 Å². The van der Waals surface area contributed by atoms with Crippen LogP contribution in [0.4, 0.5) is 0 Å². The summed E-state index contributed by atoms with van der Waals surface area (Å²) in [6.07, 6.45) is -0.151. The number of hydrogen-bond acceptors (Lipinski definition) is 9. The van der Waals surface area contributed by atoms with Crippen LogP contribution in [0.2, 0.25) is 0 Å². The fourth-order valence-corrected chi connectivity index (χ4v) is 3.52. The van der Waals surface area contributed by atoms with Crippen LogP contribution < -0.4 is 38.9 Å². The second-order valence-corrected chi connectivity index (χ2v) is 8.96. The molecule has 0 saturated carbocycles. The first kappa shape index (κ1) is 32.8. The van der Waals surface area contributed by atoms with Crippen molar-refractivity contribution in [1.29, 1.82) is 0 Å². The number of hydrogen-bond donors (Lipinski definition) is 9. The standard InChI is InChI=1S/C24H37N7O8/c25-10-2-1-3-16(22(36)30-17(24(38)39)8-9-19(27)33)29-23(37)18(12-20(28)34)31-21(35)15(26)11-13-4-6-14(32)7-5-13/h4-7,15-18,32H,1-3,8-12,25-26H2,(H2,27,33)(H2,28,34)(H,29,37)(H,30,36)(H,31,35)(H,38,39). The average Bonchev–Trinajstić information content (AvgIpc) is 2.86. The van der Waals surface area contributed by atoms with Crippen molar-refractivity contribution in [3.63, 3.8) is 0 Å². The maximum absolute atomic E-state index is 13.0. The molecule has 15 heteroatoms. The zero-order valence-electron chi connectivity index (χ0n) is 21.4. The number of benzene rings is 1. The minimum absolute atomic E-state index is 0.0302. The van der Waals surface area contributed by atoms with Crippen LogP contribution in [0.5, 0.6) is 5.75 Å². The molecule has 13 N–H and O–H groups in total. The first-order chi connectivity index (χ1) is 18.3. The van der Waals surface area contributed by atoms with Gasteiger partial charge in [-0.05, 0) is 56.3 Å². The summed E-state index contributed by atoms with van der Waals surface area (Å²) < 4.78 is 0. The lowest BCUT2D eigenvalue weighted by atomic mass is 10.0. The average molecular weight is 552 g/mol. The van der Waals surface area contributed by atoms with Gasteiger partial charge in [0.25, 0.3) is 0 Å². The summed E-state index contributed by atoms with van der Waals surface area (Å²) in [7, 11) is 0. The normalized spacial score (nSPS) is 13.8. The SMILES string of the molecule is NCCCCC(NC(=O)C(CC(N)=O)NC(=O)C(N)Cc1ccc(O)cc1)C(=O)NC(CCC(N)=O)C(=O)O. The molecule has 0 saturated heterocycles. The number of nitrogens with two attached hydrogens (primary N) is 4. The molecule has 15 nitrogen and oxygen atoms in total. The van der Waals surface area contributed by atoms with Crippen LogP contribution in [0.15, 0.2) is 24.3 Å². The first-order valence-corrected chi connectivity index (χ1v) is 12.3. The number of rotatable bonds is 18. The molecule has 4 atom stereocenters. The van der Waals surface area contributed by atoms with E-state index in [1.54, 1.807) is 12.1 Å². The number of carbonyl (C=O) groups is 6. The van der Waals surface area contributed by atoms with Crippen molar-refractivity contribution in [3.05, 3.63) is 29.8 Å². The Morgan fingerprint density at radius 1 is 0.769 bits per heavy atom. The molecular formula is C24H37N7O8. The van der Waals surface area contributed by atoms with E-state index in [1.165, 1.54) is 12.1 Å². The lowest BCUT2D eigenvalue weighted by Crippen LogP contribution is -2.58. The maximum Gasteiger partial charge on any atom is 0.326 e. The molecule has 0 bridgehead atoms. The number of aromatic hydroxyl groups is 1. The Bertz CT molecular complexity index is 1020. The van der Waals surface area contributed by atoms with E-state index in [0.717, 1.165) is 0 Å². The molecule has 0 aliphatic rings. The Hall–Kier alpha value is -4.24. The molecule has 0 heterocycles. The Kier molecular flexibility index (Phi) is 13.9. The topological polar surface area (TPSA) is 283 Å². The first-order valence-electron chi connectivity index (χ1n) is 12.3. The predicted molar refractivity (Wildman–Crippen MR) is 138 cm³/mol. The highest BCUT2D eigenvalue weighted by atomic mass is 16.4. The van der Waals surface area contributed by atoms with Gasteiger partial charge in [0, 0.05) is 6.42 Å². The number of phenolic OH excluding ortho intramolecular Hbond substituents is 1. The summed E-state index contributed by atoms with van der Waals surface area (Å²) >= 11 is 0. The molecule has 1 aromatic rings. The highest BCUT2D eigenvalue weighted by Crippen LogP contribution is 2.11. The highest BCUT2D eigenvalue weighted by Gasteiger charge is 2.31. The molecule has 1 rings (SSSR count). The number of aliphatic carboxylic acids is 1. The van der Waals surface area contributed by atoms with Crippen molar-refractivity contribution in [2.45, 2.75) is 69.1 Å². The lowest BCUT2D eigenvalue weighted by molar-refractivity contribution is -0.142. The van der Waals surface area contributed by atoms with Crippen molar-refractivity contribution < 1.29 is 39.0 Å². The molecule has 0 radical (unpaired) electrons. The molecule has 216 valence electrons. The number of nitrogens with one attached hydrogen (secondary N) is 3. The summed E-state index contributed by atoms with van der Waals surface area (Å²) in [6.45, 7) is 0.303. The van der Waals surface area contributed by atoms with E-state index >= 15 is 0 Å². The number of carboxylic acids is 1. The molecule has 5 amide bonds. The number of carbonyl (C=O) groups excluding carboxylic acids is 5. The summed E-state index contributed by atoms with van der Waals surface area (Å²) in [5.74, 6) is -5.59. The van der Waals surface area contributed by atoms with E-state index in [1.807, 2.05) is 0 Å². The smallest absolute Gasteiger partial charge is 0.326 e. The Balaban J connectivity index is 2.98. The van der Waals surface area contributed by atoms with Crippen molar-refractivity contribution in [3.8, 4) is 5.75 Å². The Morgan fingerprint density at radius 2 is 1.33 bits per heavy atom. The van der Waals surface area contributed by atoms with Crippen LogP contribution >= 0.6 is 0 Å². The molecule has 0 aliphatic heterocycles. The summed E-state index contributed by atoms with van der Waals surface area (Å²) in [4.78, 5) is 72.8. The van der Waals surface area contributed by atoms with Gasteiger partial charge >= 0.3 is 5.97 Å². The highest BCUT2D eigenvalue weighted by molar-refractivity contribution is 5.96. The number of primary amides is 2. The number of carboxylic acid groups (broad SMARTS) is 1. The van der Waals surface area contributed by atoms with Gasteiger partial charge in [-0.1, -0.05) is 12.1 Å². The van der Waals surface area contributed by atoms with Gasteiger partial charge in [-0.2, -0.15) is 0 Å². The fraction of sp³-hybridized carbons (Fsp3) is 0.500. The van der Waals surface area contributed by atoms with E-state index in [4.69, 9.17) is 22.9 Å². The van der Waals surface area contributed by atoms with E-state index in [0.29, 0.717) is 24.9 Å². The largest absolute Gasteiger partial charge is 0.508 e. The van der Waals surface area contributed by atoms with Gasteiger partial charge in [-0.15, -0.1) is 0 Å². The zero-order valence-corrected chi connectivity index (χ0v) is 21.4. The fourth-order valence-electron chi connectivity index (χ4n) is 3.52. The monoisotopic (exact) mass is 551 g/mol. The van der Waals surface area contributed by atoms with Gasteiger partial charge in [0.05, 0.1) is 12.5 Å². The minimum Gasteiger partial charge on any atom is -0.508 e. The van der Waals surface area contributed by atoms with Crippen LogP contribution in [0.1, 0.15) is 44.1 Å². The molecule has 0 fully saturated rings. The molecule has 0 aliphatic carbocycles. The number of phenols is 1. The van der Waals surface area contributed by atoms with Crippen LogP contribution in [0, 0.1) is 0 Å². The van der Waals surface area contributed by atoms with Crippen molar-refractivity contribution in [1.82, 2.24) is 16.0 Å². The molecule has 0 aromatic heterocycles. The molecule has 39 heavy (non-hydrogen) atoms.